The molecule has 0 bridgehead atoms. The molecule has 0 aliphatic carbocycles. The van der Waals surface area contributed by atoms with E-state index in [-0.39, 0.29) is 12.2 Å². The normalized spacial score (nSPS) is 14.4. The molecule has 4 nitrogen and oxygen atoms in total. The number of halogens is 3. The topological polar surface area (TPSA) is 61.4 Å². The van der Waals surface area contributed by atoms with Crippen LogP contribution in [-0.4, -0.2) is 35.3 Å². The van der Waals surface area contributed by atoms with Gasteiger partial charge in [-0.15, -0.1) is 0 Å². The van der Waals surface area contributed by atoms with Crippen molar-refractivity contribution in [3.05, 3.63) is 29.8 Å². The molecule has 0 radical (unpaired) electrons. The van der Waals surface area contributed by atoms with Gasteiger partial charge in [-0.2, -0.15) is 24.9 Å². The Morgan fingerprint density at radius 1 is 1.29 bits per heavy atom. The third-order valence-electron chi connectivity index (χ3n) is 2.56. The summed E-state index contributed by atoms with van der Waals surface area (Å²) < 4.78 is 37.1. The van der Waals surface area contributed by atoms with E-state index >= 15 is 0 Å². The van der Waals surface area contributed by atoms with Gasteiger partial charge in [-0.1, -0.05) is 0 Å². The second-order valence-corrected chi connectivity index (χ2v) is 5.68. The van der Waals surface area contributed by atoms with Crippen molar-refractivity contribution < 1.29 is 23.1 Å². The largest absolute Gasteiger partial charge is 0.416 e. The summed E-state index contributed by atoms with van der Waals surface area (Å²) in [6, 6.07) is 3.53. The number of nitrogens with one attached hydrogen (secondary N) is 2. The Morgan fingerprint density at radius 2 is 1.86 bits per heavy atom. The summed E-state index contributed by atoms with van der Waals surface area (Å²) in [6.07, 6.45) is -2.58. The molecule has 1 aromatic rings. The maximum Gasteiger partial charge on any atom is 0.416 e. The van der Waals surface area contributed by atoms with Crippen LogP contribution in [0.25, 0.3) is 0 Å². The van der Waals surface area contributed by atoms with E-state index in [4.69, 9.17) is 0 Å². The number of alkyl halides is 3. The van der Waals surface area contributed by atoms with Gasteiger partial charge in [-0.05, 0) is 37.4 Å². The van der Waals surface area contributed by atoms with E-state index in [0.717, 1.165) is 12.1 Å². The van der Waals surface area contributed by atoms with Crippen molar-refractivity contribution in [3.8, 4) is 0 Å². The van der Waals surface area contributed by atoms with Gasteiger partial charge in [0.15, 0.2) is 0 Å². The van der Waals surface area contributed by atoms with Crippen molar-refractivity contribution in [2.45, 2.75) is 18.7 Å². The van der Waals surface area contributed by atoms with Crippen molar-refractivity contribution in [2.75, 3.05) is 23.9 Å². The first-order chi connectivity index (χ1) is 9.64. The molecule has 21 heavy (non-hydrogen) atoms. The minimum Gasteiger partial charge on any atom is -0.387 e. The number of carbonyl (C=O) groups excluding carboxylic acids is 1. The molecule has 0 spiro atoms. The monoisotopic (exact) mass is 322 g/mol. The number of hydrogen-bond donors (Lipinski definition) is 3. The van der Waals surface area contributed by atoms with Crippen LogP contribution in [0.3, 0.4) is 0 Å². The van der Waals surface area contributed by atoms with Gasteiger partial charge in [-0.25, -0.2) is 4.79 Å². The molecule has 0 heterocycles. The molecule has 0 saturated carbocycles. The number of rotatable bonds is 5. The molecule has 2 amide bonds. The van der Waals surface area contributed by atoms with Crippen molar-refractivity contribution in [2.24, 2.45) is 0 Å². The first kappa shape index (κ1) is 17.6. The number of anilines is 1. The molecule has 3 N–H and O–H groups in total. The fraction of sp³-hybridized carbons (Fsp3) is 0.462. The summed E-state index contributed by atoms with van der Waals surface area (Å²) in [7, 11) is 0. The van der Waals surface area contributed by atoms with E-state index in [2.05, 4.69) is 10.6 Å². The highest BCUT2D eigenvalue weighted by atomic mass is 32.2. The SMILES string of the molecule is CSCC(C)(O)CNC(=O)Nc1ccc(C(F)(F)F)cc1. The van der Waals surface area contributed by atoms with Gasteiger partial charge in [0.25, 0.3) is 0 Å². The maximum atomic E-state index is 12.4. The highest BCUT2D eigenvalue weighted by Crippen LogP contribution is 2.29. The van der Waals surface area contributed by atoms with Crippen molar-refractivity contribution in [1.82, 2.24) is 5.32 Å². The molecule has 1 atom stereocenters. The Bertz CT molecular complexity index is 475. The number of aliphatic hydroxyl groups is 1. The van der Waals surface area contributed by atoms with Crippen LogP contribution in [0.5, 0.6) is 0 Å². The molecule has 1 unspecified atom stereocenters. The average Bonchev–Trinajstić information content (AvgIpc) is 2.36. The maximum absolute atomic E-state index is 12.4. The lowest BCUT2D eigenvalue weighted by Crippen LogP contribution is -2.43. The Morgan fingerprint density at radius 3 is 2.33 bits per heavy atom. The van der Waals surface area contributed by atoms with Gasteiger partial charge in [-0.3, -0.25) is 0 Å². The predicted octanol–water partition coefficient (Wildman–Crippen LogP) is 2.94. The van der Waals surface area contributed by atoms with Gasteiger partial charge in [0, 0.05) is 18.0 Å². The minimum absolute atomic E-state index is 0.0420. The van der Waals surface area contributed by atoms with Gasteiger partial charge < -0.3 is 15.7 Å². The predicted molar refractivity (Wildman–Crippen MR) is 77.5 cm³/mol. The van der Waals surface area contributed by atoms with E-state index in [1.807, 2.05) is 6.26 Å². The fourth-order valence-electron chi connectivity index (χ4n) is 1.55. The number of urea groups is 1. The molecule has 1 rings (SSSR count). The molecule has 0 aromatic heterocycles. The van der Waals surface area contributed by atoms with Gasteiger partial charge in [0.2, 0.25) is 0 Å². The van der Waals surface area contributed by atoms with Crippen molar-refractivity contribution >= 4 is 23.5 Å². The second kappa shape index (κ2) is 7.04. The quantitative estimate of drug-likeness (QED) is 0.781. The first-order valence-electron chi connectivity index (χ1n) is 6.07. The molecule has 1 aromatic carbocycles. The minimum atomic E-state index is -4.41. The van der Waals surface area contributed by atoms with Crippen LogP contribution in [0.1, 0.15) is 12.5 Å². The third-order valence-corrected chi connectivity index (χ3v) is 3.47. The van der Waals surface area contributed by atoms with Crippen LogP contribution in [0.15, 0.2) is 24.3 Å². The zero-order chi connectivity index (χ0) is 16.1. The zero-order valence-corrected chi connectivity index (χ0v) is 12.4. The number of hydrogen-bond acceptors (Lipinski definition) is 3. The van der Waals surface area contributed by atoms with Crippen LogP contribution in [0.4, 0.5) is 23.7 Å². The van der Waals surface area contributed by atoms with Crippen molar-refractivity contribution in [1.29, 1.82) is 0 Å². The van der Waals surface area contributed by atoms with Crippen LogP contribution in [-0.2, 0) is 6.18 Å². The Hall–Kier alpha value is -1.41. The van der Waals surface area contributed by atoms with Crippen LogP contribution in [0.2, 0.25) is 0 Å². The van der Waals surface area contributed by atoms with Gasteiger partial charge in [0.05, 0.1) is 11.2 Å². The van der Waals surface area contributed by atoms with E-state index in [1.165, 1.54) is 23.9 Å². The van der Waals surface area contributed by atoms with E-state index in [1.54, 1.807) is 6.92 Å². The summed E-state index contributed by atoms with van der Waals surface area (Å²) in [5.41, 5.74) is -1.59. The number of benzene rings is 1. The molecule has 0 fully saturated rings. The molecule has 118 valence electrons. The van der Waals surface area contributed by atoms with E-state index in [0.29, 0.717) is 5.75 Å². The lowest BCUT2D eigenvalue weighted by Gasteiger charge is -2.22. The van der Waals surface area contributed by atoms with Crippen LogP contribution in [0, 0.1) is 0 Å². The lowest BCUT2D eigenvalue weighted by atomic mass is 10.1. The Labute approximate surface area is 125 Å². The summed E-state index contributed by atoms with van der Waals surface area (Å²) in [4.78, 5) is 11.6. The molecular formula is C13H17F3N2O2S. The van der Waals surface area contributed by atoms with Crippen LogP contribution >= 0.6 is 11.8 Å². The smallest absolute Gasteiger partial charge is 0.387 e. The highest BCUT2D eigenvalue weighted by molar-refractivity contribution is 7.98. The number of amides is 2. The van der Waals surface area contributed by atoms with E-state index in [9.17, 15) is 23.1 Å². The third kappa shape index (κ3) is 6.26. The zero-order valence-electron chi connectivity index (χ0n) is 11.6. The standard InChI is InChI=1S/C13H17F3N2O2S/c1-12(20,8-21-2)7-17-11(19)18-10-5-3-9(4-6-10)13(14,15)16/h3-6,20H,7-8H2,1-2H3,(H2,17,18,19). The number of thioether (sulfide) groups is 1. The van der Waals surface area contributed by atoms with Crippen molar-refractivity contribution in [3.63, 3.8) is 0 Å². The lowest BCUT2D eigenvalue weighted by molar-refractivity contribution is -0.137. The molecule has 0 aliphatic rings. The Kier molecular flexibility index (Phi) is 5.91. The fourth-order valence-corrected chi connectivity index (χ4v) is 2.27. The summed E-state index contributed by atoms with van der Waals surface area (Å²) in [5.74, 6) is 0.452. The van der Waals surface area contributed by atoms with E-state index < -0.39 is 23.4 Å². The summed E-state index contributed by atoms with van der Waals surface area (Å²) in [5, 5.41) is 14.7. The van der Waals surface area contributed by atoms with Gasteiger partial charge in [0.1, 0.15) is 0 Å². The molecule has 0 saturated heterocycles. The summed E-state index contributed by atoms with van der Waals surface area (Å²) in [6.45, 7) is 1.63. The first-order valence-corrected chi connectivity index (χ1v) is 7.47. The number of carbonyl (C=O) groups is 1. The average molecular weight is 322 g/mol. The summed E-state index contributed by atoms with van der Waals surface area (Å²) >= 11 is 1.44. The molecule has 0 aliphatic heterocycles. The van der Waals surface area contributed by atoms with Gasteiger partial charge >= 0.3 is 12.2 Å². The molecule has 8 heteroatoms. The highest BCUT2D eigenvalue weighted by Gasteiger charge is 2.30. The molecular weight excluding hydrogens is 305 g/mol. The second-order valence-electron chi connectivity index (χ2n) is 4.81. The van der Waals surface area contributed by atoms with Crippen LogP contribution < -0.4 is 10.6 Å². The Balaban J connectivity index is 2.52.